The van der Waals surface area contributed by atoms with Crippen molar-refractivity contribution in [3.63, 3.8) is 0 Å². The second-order valence-corrected chi connectivity index (χ2v) is 2.99. The number of pyridine rings is 1. The van der Waals surface area contributed by atoms with Crippen molar-refractivity contribution >= 4 is 33.8 Å². The average molecular weight is 235 g/mol. The topological polar surface area (TPSA) is 58.9 Å². The number of hydrogen-bond donors (Lipinski definition) is 1. The van der Waals surface area contributed by atoms with Crippen LogP contribution < -0.4 is 0 Å². The van der Waals surface area contributed by atoms with Crippen molar-refractivity contribution in [2.24, 2.45) is 0 Å². The number of aromatic amines is 1. The molecule has 0 amide bonds. The van der Waals surface area contributed by atoms with E-state index in [2.05, 4.69) is 20.9 Å². The highest BCUT2D eigenvalue weighted by atomic mass is 79.9. The maximum Gasteiger partial charge on any atom is 0.317 e. The average Bonchev–Trinajstić information content (AvgIpc) is 1.85. The third-order valence-corrected chi connectivity index (χ3v) is 2.00. The Labute approximate surface area is 75.5 Å². The third-order valence-electron chi connectivity index (χ3n) is 1.07. The molecule has 0 aliphatic rings. The summed E-state index contributed by atoms with van der Waals surface area (Å²) in [5.41, 5.74) is -0.0949. The smallest absolute Gasteiger partial charge is 0.317 e. The predicted molar refractivity (Wildman–Crippen MR) is 46.0 cm³/mol. The first kappa shape index (κ1) is 8.35. The molecule has 0 aliphatic carbocycles. The molecule has 1 N–H and O–H groups in total. The first-order chi connectivity index (χ1) is 5.13. The summed E-state index contributed by atoms with van der Waals surface area (Å²) in [6.45, 7) is 0. The zero-order valence-electron chi connectivity index (χ0n) is 5.20. The largest absolute Gasteiger partial charge is 0.350 e. The van der Waals surface area contributed by atoms with E-state index in [1.54, 1.807) is 6.20 Å². The van der Waals surface area contributed by atoms with Gasteiger partial charge in [0, 0.05) is 6.20 Å². The van der Waals surface area contributed by atoms with Crippen LogP contribution in [0.2, 0.25) is 0 Å². The minimum Gasteiger partial charge on any atom is -0.350 e. The number of nitrogens with zero attached hydrogens (tertiary/aromatic N) is 1. The van der Waals surface area contributed by atoms with Gasteiger partial charge in [0.25, 0.3) is 0 Å². The van der Waals surface area contributed by atoms with Crippen LogP contribution in [-0.4, -0.2) is 9.91 Å². The highest BCUT2D eigenvalue weighted by Crippen LogP contribution is 2.22. The van der Waals surface area contributed by atoms with Crippen LogP contribution in [0.4, 0.5) is 5.69 Å². The minimum absolute atomic E-state index is 0.0949. The van der Waals surface area contributed by atoms with Gasteiger partial charge in [-0.3, -0.25) is 10.1 Å². The van der Waals surface area contributed by atoms with Crippen molar-refractivity contribution in [3.8, 4) is 0 Å². The highest BCUT2D eigenvalue weighted by Gasteiger charge is 2.12. The zero-order valence-corrected chi connectivity index (χ0v) is 7.61. The molecular formula is C5H3BrN2O2S. The molecule has 0 saturated carbocycles. The number of halogens is 1. The summed E-state index contributed by atoms with van der Waals surface area (Å²) in [5.74, 6) is 0. The van der Waals surface area contributed by atoms with Gasteiger partial charge < -0.3 is 4.98 Å². The van der Waals surface area contributed by atoms with E-state index >= 15 is 0 Å². The number of nitro groups is 1. The molecule has 1 aromatic rings. The van der Waals surface area contributed by atoms with Gasteiger partial charge in [0.15, 0.2) is 4.60 Å². The summed E-state index contributed by atoms with van der Waals surface area (Å²) in [6.07, 6.45) is 1.54. The molecule has 0 radical (unpaired) electrons. The van der Waals surface area contributed by atoms with E-state index < -0.39 is 4.92 Å². The van der Waals surface area contributed by atoms with Gasteiger partial charge in [0.05, 0.1) is 4.92 Å². The number of H-pyrrole nitrogens is 1. The van der Waals surface area contributed by atoms with Gasteiger partial charge in [-0.2, -0.15) is 0 Å². The molecular weight excluding hydrogens is 232 g/mol. The van der Waals surface area contributed by atoms with E-state index in [-0.39, 0.29) is 10.2 Å². The van der Waals surface area contributed by atoms with Gasteiger partial charge in [0.2, 0.25) is 0 Å². The van der Waals surface area contributed by atoms with Crippen molar-refractivity contribution in [1.29, 1.82) is 0 Å². The van der Waals surface area contributed by atoms with E-state index in [0.717, 1.165) is 0 Å². The molecule has 0 bridgehead atoms. The maximum absolute atomic E-state index is 10.3. The SMILES string of the molecule is O=[N+]([O-])c1c(Br)[nH]ccc1=S. The molecule has 11 heavy (non-hydrogen) atoms. The summed E-state index contributed by atoms with van der Waals surface area (Å²) in [6, 6.07) is 1.47. The Morgan fingerprint density at radius 1 is 1.73 bits per heavy atom. The van der Waals surface area contributed by atoms with Crippen LogP contribution in [0.5, 0.6) is 0 Å². The van der Waals surface area contributed by atoms with Crippen molar-refractivity contribution in [2.45, 2.75) is 0 Å². The van der Waals surface area contributed by atoms with E-state index in [0.29, 0.717) is 4.60 Å². The molecule has 4 nitrogen and oxygen atoms in total. The lowest BCUT2D eigenvalue weighted by Gasteiger charge is -1.92. The molecule has 6 heteroatoms. The Hall–Kier alpha value is -0.750. The fourth-order valence-corrected chi connectivity index (χ4v) is 1.48. The lowest BCUT2D eigenvalue weighted by molar-refractivity contribution is -0.386. The van der Waals surface area contributed by atoms with Crippen LogP contribution >= 0.6 is 28.1 Å². The fourth-order valence-electron chi connectivity index (χ4n) is 0.616. The lowest BCUT2D eigenvalue weighted by atomic mass is 10.4. The van der Waals surface area contributed by atoms with Crippen LogP contribution in [0, 0.1) is 14.6 Å². The number of nitrogens with one attached hydrogen (secondary N) is 1. The molecule has 0 fully saturated rings. The number of hydrogen-bond acceptors (Lipinski definition) is 3. The first-order valence-corrected chi connectivity index (χ1v) is 3.84. The molecule has 1 aromatic heterocycles. The molecule has 58 valence electrons. The molecule has 0 aliphatic heterocycles. The normalized spacial score (nSPS) is 9.55. The Bertz CT molecular complexity index is 349. The van der Waals surface area contributed by atoms with Crippen molar-refractivity contribution in [2.75, 3.05) is 0 Å². The van der Waals surface area contributed by atoms with Gasteiger partial charge in [-0.1, -0.05) is 12.2 Å². The van der Waals surface area contributed by atoms with Crippen LogP contribution in [0.25, 0.3) is 0 Å². The second kappa shape index (κ2) is 3.10. The van der Waals surface area contributed by atoms with E-state index in [1.807, 2.05) is 0 Å². The van der Waals surface area contributed by atoms with Crippen LogP contribution in [0.15, 0.2) is 16.9 Å². The zero-order chi connectivity index (χ0) is 8.43. The summed E-state index contributed by atoms with van der Waals surface area (Å²) in [4.78, 5) is 12.4. The van der Waals surface area contributed by atoms with E-state index in [4.69, 9.17) is 12.2 Å². The van der Waals surface area contributed by atoms with Gasteiger partial charge in [-0.25, -0.2) is 0 Å². The van der Waals surface area contributed by atoms with Crippen LogP contribution in [-0.2, 0) is 0 Å². The summed E-state index contributed by atoms with van der Waals surface area (Å²) in [5, 5.41) is 10.3. The molecule has 0 saturated heterocycles. The van der Waals surface area contributed by atoms with Gasteiger partial charge >= 0.3 is 5.69 Å². The fraction of sp³-hybridized carbons (Fsp3) is 0. The Balaban J connectivity index is 3.45. The third kappa shape index (κ3) is 1.63. The summed E-state index contributed by atoms with van der Waals surface area (Å²) >= 11 is 7.71. The van der Waals surface area contributed by atoms with Gasteiger partial charge in [-0.05, 0) is 22.0 Å². The van der Waals surface area contributed by atoms with E-state index in [9.17, 15) is 10.1 Å². The van der Waals surface area contributed by atoms with Crippen LogP contribution in [0.3, 0.4) is 0 Å². The van der Waals surface area contributed by atoms with Crippen molar-refractivity contribution < 1.29 is 4.92 Å². The molecule has 1 rings (SSSR count). The second-order valence-electron chi connectivity index (χ2n) is 1.76. The lowest BCUT2D eigenvalue weighted by Crippen LogP contribution is -1.91. The molecule has 0 atom stereocenters. The number of aromatic nitrogens is 1. The Kier molecular flexibility index (Phi) is 2.35. The predicted octanol–water partition coefficient (Wildman–Crippen LogP) is 2.41. The van der Waals surface area contributed by atoms with E-state index in [1.165, 1.54) is 6.07 Å². The molecule has 0 unspecified atom stereocenters. The summed E-state index contributed by atoms with van der Waals surface area (Å²) in [7, 11) is 0. The number of rotatable bonds is 1. The van der Waals surface area contributed by atoms with Gasteiger partial charge in [0.1, 0.15) is 4.51 Å². The molecule has 0 aromatic carbocycles. The standard InChI is InChI=1S/C5H3BrN2O2S/c6-5-4(8(9)10)3(11)1-2-7-5/h1-2H,(H,7,11). The first-order valence-electron chi connectivity index (χ1n) is 2.64. The molecule has 1 heterocycles. The van der Waals surface area contributed by atoms with Crippen molar-refractivity contribution in [3.05, 3.63) is 31.5 Å². The summed E-state index contributed by atoms with van der Waals surface area (Å²) < 4.78 is 0.524. The quantitative estimate of drug-likeness (QED) is 0.352. The molecule has 0 spiro atoms. The Morgan fingerprint density at radius 2 is 2.36 bits per heavy atom. The maximum atomic E-state index is 10.3. The van der Waals surface area contributed by atoms with Gasteiger partial charge in [-0.15, -0.1) is 0 Å². The highest BCUT2D eigenvalue weighted by molar-refractivity contribution is 9.10. The Morgan fingerprint density at radius 3 is 2.73 bits per heavy atom. The van der Waals surface area contributed by atoms with Crippen molar-refractivity contribution in [1.82, 2.24) is 4.98 Å². The minimum atomic E-state index is -0.525. The monoisotopic (exact) mass is 234 g/mol. The van der Waals surface area contributed by atoms with Crippen LogP contribution in [0.1, 0.15) is 0 Å².